The van der Waals surface area contributed by atoms with Crippen LogP contribution in [-0.4, -0.2) is 41.5 Å². The lowest BCUT2D eigenvalue weighted by molar-refractivity contribution is 0.102. The molecule has 2 heterocycles. The number of aromatic nitrogens is 2. The zero-order valence-electron chi connectivity index (χ0n) is 17.3. The van der Waals surface area contributed by atoms with E-state index in [-0.39, 0.29) is 10.8 Å². The van der Waals surface area contributed by atoms with E-state index in [9.17, 15) is 13.2 Å². The van der Waals surface area contributed by atoms with E-state index in [1.54, 1.807) is 33.4 Å². The third-order valence-corrected chi connectivity index (χ3v) is 7.12. The van der Waals surface area contributed by atoms with Crippen molar-refractivity contribution in [1.29, 1.82) is 0 Å². The van der Waals surface area contributed by atoms with Crippen LogP contribution < -0.4 is 5.32 Å². The maximum Gasteiger partial charge on any atom is 0.256 e. The average molecular weight is 419 g/mol. The predicted molar refractivity (Wildman–Crippen MR) is 113 cm³/mol. The molecule has 0 saturated carbocycles. The SMILES string of the molecule is CCCCn1nccc1NC(=O)c1ccc(S(=O)(=O)N2CC(C)CC(C)C2)cc1. The molecule has 8 heteroatoms. The zero-order chi connectivity index (χ0) is 21.0. The van der Waals surface area contributed by atoms with Crippen molar-refractivity contribution in [3.63, 3.8) is 0 Å². The van der Waals surface area contributed by atoms with Gasteiger partial charge in [0.05, 0.1) is 11.1 Å². The summed E-state index contributed by atoms with van der Waals surface area (Å²) in [4.78, 5) is 12.8. The van der Waals surface area contributed by atoms with Gasteiger partial charge in [0.25, 0.3) is 5.91 Å². The number of nitrogens with one attached hydrogen (secondary N) is 1. The van der Waals surface area contributed by atoms with E-state index in [1.807, 2.05) is 0 Å². The number of amides is 1. The molecule has 3 rings (SSSR count). The van der Waals surface area contributed by atoms with Gasteiger partial charge in [0.2, 0.25) is 10.0 Å². The Bertz CT molecular complexity index is 927. The Morgan fingerprint density at radius 2 is 1.79 bits per heavy atom. The molecule has 7 nitrogen and oxygen atoms in total. The Morgan fingerprint density at radius 3 is 2.41 bits per heavy atom. The van der Waals surface area contributed by atoms with Gasteiger partial charge in [-0.2, -0.15) is 9.40 Å². The van der Waals surface area contributed by atoms with Gasteiger partial charge in [-0.15, -0.1) is 0 Å². The van der Waals surface area contributed by atoms with E-state index in [0.717, 1.165) is 25.8 Å². The molecule has 158 valence electrons. The fourth-order valence-corrected chi connectivity index (χ4v) is 5.52. The minimum Gasteiger partial charge on any atom is -0.307 e. The van der Waals surface area contributed by atoms with Gasteiger partial charge >= 0.3 is 0 Å². The number of hydrogen-bond donors (Lipinski definition) is 1. The van der Waals surface area contributed by atoms with E-state index in [0.29, 0.717) is 36.3 Å². The van der Waals surface area contributed by atoms with Crippen LogP contribution in [0.1, 0.15) is 50.4 Å². The van der Waals surface area contributed by atoms with Crippen molar-refractivity contribution in [2.75, 3.05) is 18.4 Å². The van der Waals surface area contributed by atoms with Gasteiger partial charge in [-0.05, 0) is 48.9 Å². The molecule has 1 fully saturated rings. The minimum absolute atomic E-state index is 0.225. The molecule has 1 N–H and O–H groups in total. The Labute approximate surface area is 173 Å². The smallest absolute Gasteiger partial charge is 0.256 e. The summed E-state index contributed by atoms with van der Waals surface area (Å²) in [5.74, 6) is 1.04. The summed E-state index contributed by atoms with van der Waals surface area (Å²) < 4.78 is 29.3. The zero-order valence-corrected chi connectivity index (χ0v) is 18.2. The van der Waals surface area contributed by atoms with Gasteiger partial charge < -0.3 is 5.32 Å². The quantitative estimate of drug-likeness (QED) is 0.744. The topological polar surface area (TPSA) is 84.3 Å². The van der Waals surface area contributed by atoms with Gasteiger partial charge in [-0.1, -0.05) is 27.2 Å². The predicted octanol–water partition coefficient (Wildman–Crippen LogP) is 3.60. The molecule has 1 amide bonds. The van der Waals surface area contributed by atoms with Gasteiger partial charge in [-0.3, -0.25) is 4.79 Å². The molecule has 1 aromatic heterocycles. The summed E-state index contributed by atoms with van der Waals surface area (Å²) in [6.45, 7) is 8.08. The number of carbonyl (C=O) groups is 1. The summed E-state index contributed by atoms with van der Waals surface area (Å²) in [5, 5.41) is 7.08. The van der Waals surface area contributed by atoms with Crippen LogP contribution in [0.25, 0.3) is 0 Å². The number of benzene rings is 1. The largest absolute Gasteiger partial charge is 0.307 e. The fraction of sp³-hybridized carbons (Fsp3) is 0.524. The van der Waals surface area contributed by atoms with Crippen molar-refractivity contribution >= 4 is 21.7 Å². The van der Waals surface area contributed by atoms with Crippen molar-refractivity contribution in [2.45, 2.75) is 51.5 Å². The van der Waals surface area contributed by atoms with E-state index < -0.39 is 10.0 Å². The van der Waals surface area contributed by atoms with Crippen molar-refractivity contribution in [2.24, 2.45) is 11.8 Å². The van der Waals surface area contributed by atoms with Crippen LogP contribution in [0.4, 0.5) is 5.82 Å². The normalized spacial score (nSPS) is 20.5. The summed E-state index contributed by atoms with van der Waals surface area (Å²) >= 11 is 0. The van der Waals surface area contributed by atoms with Crippen LogP contribution in [0.3, 0.4) is 0 Å². The second-order valence-corrected chi connectivity index (χ2v) is 9.98. The van der Waals surface area contributed by atoms with Crippen LogP contribution in [0, 0.1) is 11.8 Å². The Morgan fingerprint density at radius 1 is 1.14 bits per heavy atom. The van der Waals surface area contributed by atoms with Crippen molar-refractivity contribution in [3.8, 4) is 0 Å². The second-order valence-electron chi connectivity index (χ2n) is 8.04. The first kappa shape index (κ1) is 21.5. The summed E-state index contributed by atoms with van der Waals surface area (Å²) in [6.07, 6.45) is 4.71. The molecular weight excluding hydrogens is 388 g/mol. The van der Waals surface area contributed by atoms with Crippen LogP contribution in [0.15, 0.2) is 41.4 Å². The van der Waals surface area contributed by atoms with Gasteiger partial charge in [-0.25, -0.2) is 13.1 Å². The minimum atomic E-state index is -3.55. The molecule has 0 spiro atoms. The monoisotopic (exact) mass is 418 g/mol. The number of rotatable bonds is 7. The molecular formula is C21H30N4O3S. The maximum absolute atomic E-state index is 13.0. The number of piperidine rings is 1. The Hall–Kier alpha value is -2.19. The fourth-order valence-electron chi connectivity index (χ4n) is 3.84. The molecule has 1 aliphatic heterocycles. The standard InChI is InChI=1S/C21H30N4O3S/c1-4-5-12-25-20(10-11-22-25)23-21(26)18-6-8-19(9-7-18)29(27,28)24-14-16(2)13-17(3)15-24/h6-11,16-17H,4-5,12-15H2,1-3H3,(H,23,26). The molecule has 0 bridgehead atoms. The highest BCUT2D eigenvalue weighted by molar-refractivity contribution is 7.89. The third-order valence-electron chi connectivity index (χ3n) is 5.27. The molecule has 1 saturated heterocycles. The highest BCUT2D eigenvalue weighted by atomic mass is 32.2. The van der Waals surface area contributed by atoms with E-state index in [1.165, 1.54) is 12.1 Å². The molecule has 2 unspecified atom stereocenters. The molecule has 29 heavy (non-hydrogen) atoms. The maximum atomic E-state index is 13.0. The third kappa shape index (κ3) is 5.05. The number of hydrogen-bond acceptors (Lipinski definition) is 4. The lowest BCUT2D eigenvalue weighted by Gasteiger charge is -2.34. The van der Waals surface area contributed by atoms with Gasteiger partial charge in [0.15, 0.2) is 0 Å². The number of sulfonamides is 1. The molecule has 1 aromatic carbocycles. The van der Waals surface area contributed by atoms with Crippen LogP contribution in [-0.2, 0) is 16.6 Å². The second kappa shape index (κ2) is 9.09. The number of aryl methyl sites for hydroxylation is 1. The first-order valence-corrected chi connectivity index (χ1v) is 11.7. The molecule has 0 aliphatic carbocycles. The summed E-state index contributed by atoms with van der Waals surface area (Å²) in [6, 6.07) is 7.91. The Kier molecular flexibility index (Phi) is 6.74. The summed E-state index contributed by atoms with van der Waals surface area (Å²) in [5.41, 5.74) is 0.410. The van der Waals surface area contributed by atoms with Crippen molar-refractivity contribution in [3.05, 3.63) is 42.1 Å². The molecule has 1 aliphatic rings. The number of unbranched alkanes of at least 4 members (excludes halogenated alkanes) is 1. The Balaban J connectivity index is 1.71. The van der Waals surface area contributed by atoms with Crippen molar-refractivity contribution < 1.29 is 13.2 Å². The van der Waals surface area contributed by atoms with E-state index >= 15 is 0 Å². The highest BCUT2D eigenvalue weighted by Crippen LogP contribution is 2.26. The average Bonchev–Trinajstić information content (AvgIpc) is 3.12. The van der Waals surface area contributed by atoms with E-state index in [2.05, 4.69) is 31.2 Å². The highest BCUT2D eigenvalue weighted by Gasteiger charge is 2.31. The first-order valence-electron chi connectivity index (χ1n) is 10.2. The lowest BCUT2D eigenvalue weighted by Crippen LogP contribution is -2.42. The van der Waals surface area contributed by atoms with Gasteiger partial charge in [0, 0.05) is 31.3 Å². The van der Waals surface area contributed by atoms with E-state index in [4.69, 9.17) is 0 Å². The number of nitrogens with zero attached hydrogens (tertiary/aromatic N) is 3. The number of anilines is 1. The summed E-state index contributed by atoms with van der Waals surface area (Å²) in [7, 11) is -3.55. The first-order chi connectivity index (χ1) is 13.8. The van der Waals surface area contributed by atoms with Crippen LogP contribution in [0.2, 0.25) is 0 Å². The molecule has 2 aromatic rings. The lowest BCUT2D eigenvalue weighted by atomic mass is 9.94. The molecule has 2 atom stereocenters. The number of carbonyl (C=O) groups excluding carboxylic acids is 1. The van der Waals surface area contributed by atoms with Crippen LogP contribution in [0.5, 0.6) is 0 Å². The van der Waals surface area contributed by atoms with Crippen LogP contribution >= 0.6 is 0 Å². The van der Waals surface area contributed by atoms with Crippen molar-refractivity contribution in [1.82, 2.24) is 14.1 Å². The van der Waals surface area contributed by atoms with Gasteiger partial charge in [0.1, 0.15) is 5.82 Å². The molecule has 0 radical (unpaired) electrons.